The number of aryl methyl sites for hydroxylation is 1. The van der Waals surface area contributed by atoms with Crippen molar-refractivity contribution in [1.82, 2.24) is 14.5 Å². The minimum Gasteiger partial charge on any atom is -0.353 e. The number of nitrogens with zero attached hydrogens (tertiary/aromatic N) is 3. The molecule has 4 heteroatoms. The van der Waals surface area contributed by atoms with Crippen molar-refractivity contribution in [3.63, 3.8) is 0 Å². The minimum atomic E-state index is 0.439. The summed E-state index contributed by atoms with van der Waals surface area (Å²) in [6, 6.07) is 0.439. The highest BCUT2D eigenvalue weighted by molar-refractivity contribution is 5.26. The molecule has 1 aromatic heterocycles. The maximum Gasteiger partial charge on any atom is 0.202 e. The molecule has 2 rings (SSSR count). The molecule has 1 aromatic rings. The Morgan fingerprint density at radius 1 is 1.39 bits per heavy atom. The van der Waals surface area contributed by atoms with Crippen molar-refractivity contribution in [2.24, 2.45) is 5.92 Å². The first-order valence-corrected chi connectivity index (χ1v) is 7.11. The summed E-state index contributed by atoms with van der Waals surface area (Å²) in [7, 11) is 2.22. The molecule has 0 spiro atoms. The third kappa shape index (κ3) is 3.73. The third-order valence-corrected chi connectivity index (χ3v) is 3.75. The summed E-state index contributed by atoms with van der Waals surface area (Å²) < 4.78 is 2.25. The highest BCUT2D eigenvalue weighted by Gasteiger charge is 2.16. The molecule has 0 unspecified atom stereocenters. The van der Waals surface area contributed by atoms with Crippen LogP contribution in [0.15, 0.2) is 12.4 Å². The van der Waals surface area contributed by atoms with Crippen LogP contribution in [0.4, 0.5) is 5.95 Å². The fourth-order valence-electron chi connectivity index (χ4n) is 2.56. The van der Waals surface area contributed by atoms with Crippen LogP contribution in [-0.4, -0.2) is 40.6 Å². The molecule has 4 nitrogen and oxygen atoms in total. The number of aromatic nitrogens is 2. The van der Waals surface area contributed by atoms with Crippen LogP contribution in [0, 0.1) is 5.92 Å². The van der Waals surface area contributed by atoms with Gasteiger partial charge >= 0.3 is 0 Å². The number of hydrogen-bond acceptors (Lipinski definition) is 3. The molecule has 0 bridgehead atoms. The van der Waals surface area contributed by atoms with Gasteiger partial charge in [-0.15, -0.1) is 0 Å². The van der Waals surface area contributed by atoms with Crippen LogP contribution in [-0.2, 0) is 6.54 Å². The van der Waals surface area contributed by atoms with Crippen molar-refractivity contribution in [2.45, 2.75) is 45.7 Å². The second-order valence-electron chi connectivity index (χ2n) is 5.78. The van der Waals surface area contributed by atoms with E-state index >= 15 is 0 Å². The van der Waals surface area contributed by atoms with E-state index in [9.17, 15) is 0 Å². The number of hydrogen-bond donors (Lipinski definition) is 1. The molecule has 0 radical (unpaired) electrons. The molecule has 1 N–H and O–H groups in total. The zero-order chi connectivity index (χ0) is 13.0. The lowest BCUT2D eigenvalue weighted by Gasteiger charge is -2.29. The van der Waals surface area contributed by atoms with Crippen LogP contribution < -0.4 is 5.32 Å². The van der Waals surface area contributed by atoms with E-state index in [1.54, 1.807) is 0 Å². The summed E-state index contributed by atoms with van der Waals surface area (Å²) in [5.41, 5.74) is 0. The lowest BCUT2D eigenvalue weighted by atomic mass is 9.94. The van der Waals surface area contributed by atoms with E-state index in [-0.39, 0.29) is 0 Å². The number of rotatable bonds is 5. The van der Waals surface area contributed by atoms with Gasteiger partial charge in [0, 0.05) is 25.0 Å². The zero-order valence-electron chi connectivity index (χ0n) is 11.9. The number of likely N-dealkylation sites (tertiary alicyclic amines) is 1. The molecule has 0 atom stereocenters. The van der Waals surface area contributed by atoms with E-state index in [0.717, 1.165) is 18.4 Å². The molecule has 1 aliphatic heterocycles. The fraction of sp³-hybridized carbons (Fsp3) is 0.786. The highest BCUT2D eigenvalue weighted by Crippen LogP contribution is 2.21. The van der Waals surface area contributed by atoms with Crippen LogP contribution in [0.3, 0.4) is 0 Å². The van der Waals surface area contributed by atoms with Gasteiger partial charge in [0.25, 0.3) is 0 Å². The second-order valence-corrected chi connectivity index (χ2v) is 5.78. The van der Waals surface area contributed by atoms with E-state index < -0.39 is 0 Å². The zero-order valence-corrected chi connectivity index (χ0v) is 11.9. The fourth-order valence-corrected chi connectivity index (χ4v) is 2.56. The van der Waals surface area contributed by atoms with Crippen LogP contribution in [0.25, 0.3) is 0 Å². The summed E-state index contributed by atoms with van der Waals surface area (Å²) in [4.78, 5) is 6.81. The number of imidazole rings is 1. The van der Waals surface area contributed by atoms with E-state index in [1.165, 1.54) is 32.4 Å². The van der Waals surface area contributed by atoms with Gasteiger partial charge in [-0.05, 0) is 59.2 Å². The molecular formula is C14H26N4. The first-order valence-electron chi connectivity index (χ1n) is 7.11. The summed E-state index contributed by atoms with van der Waals surface area (Å²) in [5.74, 6) is 1.90. The third-order valence-electron chi connectivity index (χ3n) is 3.75. The number of nitrogens with one attached hydrogen (secondary N) is 1. The van der Waals surface area contributed by atoms with Crippen LogP contribution in [0.5, 0.6) is 0 Å². The average Bonchev–Trinajstić information content (AvgIpc) is 2.75. The van der Waals surface area contributed by atoms with Crippen molar-refractivity contribution in [3.8, 4) is 0 Å². The molecule has 1 fully saturated rings. The maximum absolute atomic E-state index is 4.38. The number of anilines is 1. The Labute approximate surface area is 110 Å². The van der Waals surface area contributed by atoms with Crippen molar-refractivity contribution < 1.29 is 0 Å². The van der Waals surface area contributed by atoms with E-state index in [0.29, 0.717) is 6.04 Å². The molecule has 102 valence electrons. The Morgan fingerprint density at radius 2 is 2.11 bits per heavy atom. The highest BCUT2D eigenvalue weighted by atomic mass is 15.2. The summed E-state index contributed by atoms with van der Waals surface area (Å²) in [6.07, 6.45) is 7.94. The Morgan fingerprint density at radius 3 is 2.78 bits per heavy atom. The van der Waals surface area contributed by atoms with Gasteiger partial charge in [0.05, 0.1) is 0 Å². The molecule has 0 aromatic carbocycles. The molecule has 0 amide bonds. The standard InChI is InChI=1S/C14H26N4/c1-12(2)16-14-15-7-11-18(14)10-6-13-4-8-17(3)9-5-13/h7,11-13H,4-6,8-10H2,1-3H3,(H,15,16). The summed E-state index contributed by atoms with van der Waals surface area (Å²) in [5, 5.41) is 3.39. The molecule has 1 saturated heterocycles. The topological polar surface area (TPSA) is 33.1 Å². The van der Waals surface area contributed by atoms with Gasteiger partial charge in [-0.2, -0.15) is 0 Å². The van der Waals surface area contributed by atoms with Crippen molar-refractivity contribution in [2.75, 3.05) is 25.5 Å². The predicted octanol–water partition coefficient (Wildman–Crippen LogP) is 2.44. The van der Waals surface area contributed by atoms with Gasteiger partial charge < -0.3 is 14.8 Å². The molecule has 2 heterocycles. The quantitative estimate of drug-likeness (QED) is 0.871. The normalized spacial score (nSPS) is 18.4. The van der Waals surface area contributed by atoms with Crippen LogP contribution in [0.2, 0.25) is 0 Å². The Bertz CT molecular complexity index is 350. The maximum atomic E-state index is 4.38. The van der Waals surface area contributed by atoms with Crippen LogP contribution in [0.1, 0.15) is 33.1 Å². The second kappa shape index (κ2) is 6.23. The molecule has 0 saturated carbocycles. The Hall–Kier alpha value is -1.03. The number of piperidine rings is 1. The summed E-state index contributed by atoms with van der Waals surface area (Å²) in [6.45, 7) is 7.90. The van der Waals surface area contributed by atoms with Gasteiger partial charge in [-0.1, -0.05) is 0 Å². The van der Waals surface area contributed by atoms with Crippen molar-refractivity contribution in [3.05, 3.63) is 12.4 Å². The molecule has 1 aliphatic rings. The van der Waals surface area contributed by atoms with Gasteiger partial charge in [0.2, 0.25) is 5.95 Å². The Kier molecular flexibility index (Phi) is 4.64. The van der Waals surface area contributed by atoms with Crippen LogP contribution >= 0.6 is 0 Å². The minimum absolute atomic E-state index is 0.439. The van der Waals surface area contributed by atoms with Gasteiger partial charge in [0.1, 0.15) is 0 Å². The molecule has 18 heavy (non-hydrogen) atoms. The molecule has 0 aliphatic carbocycles. The van der Waals surface area contributed by atoms with Gasteiger partial charge in [-0.25, -0.2) is 4.98 Å². The van der Waals surface area contributed by atoms with E-state index in [4.69, 9.17) is 0 Å². The van der Waals surface area contributed by atoms with Crippen molar-refractivity contribution in [1.29, 1.82) is 0 Å². The SMILES string of the molecule is CC(C)Nc1nccn1CCC1CCN(C)CC1. The summed E-state index contributed by atoms with van der Waals surface area (Å²) >= 11 is 0. The smallest absolute Gasteiger partial charge is 0.202 e. The first-order chi connectivity index (χ1) is 8.65. The average molecular weight is 250 g/mol. The van der Waals surface area contributed by atoms with E-state index in [1.807, 2.05) is 6.20 Å². The largest absolute Gasteiger partial charge is 0.353 e. The van der Waals surface area contributed by atoms with E-state index in [2.05, 4.69) is 46.9 Å². The van der Waals surface area contributed by atoms with Crippen molar-refractivity contribution >= 4 is 5.95 Å². The first kappa shape index (κ1) is 13.4. The lowest BCUT2D eigenvalue weighted by Crippen LogP contribution is -2.30. The lowest BCUT2D eigenvalue weighted by molar-refractivity contribution is 0.208. The van der Waals surface area contributed by atoms with Gasteiger partial charge in [0.15, 0.2) is 0 Å². The monoisotopic (exact) mass is 250 g/mol. The van der Waals surface area contributed by atoms with Gasteiger partial charge in [-0.3, -0.25) is 0 Å². The Balaban J connectivity index is 1.81. The predicted molar refractivity (Wildman–Crippen MR) is 75.8 cm³/mol. The molecular weight excluding hydrogens is 224 g/mol.